The van der Waals surface area contributed by atoms with Crippen molar-refractivity contribution in [3.8, 4) is 16.9 Å². The summed E-state index contributed by atoms with van der Waals surface area (Å²) in [6, 6.07) is 6.47. The number of carbonyl (C=O) groups excluding carboxylic acids is 1. The van der Waals surface area contributed by atoms with Gasteiger partial charge in [-0.15, -0.1) is 0 Å². The van der Waals surface area contributed by atoms with Gasteiger partial charge in [0.15, 0.2) is 12.4 Å². The van der Waals surface area contributed by atoms with E-state index in [4.69, 9.17) is 14.7 Å². The minimum atomic E-state index is -4.55. The number of piperidine rings is 1. The lowest BCUT2D eigenvalue weighted by atomic mass is 9.72. The van der Waals surface area contributed by atoms with E-state index in [2.05, 4.69) is 44.5 Å². The highest BCUT2D eigenvalue weighted by Crippen LogP contribution is 2.53. The van der Waals surface area contributed by atoms with Crippen LogP contribution in [0, 0.1) is 18.3 Å². The third kappa shape index (κ3) is 6.28. The van der Waals surface area contributed by atoms with Crippen LogP contribution in [0.15, 0.2) is 37.1 Å². The number of ether oxygens (including phenoxy) is 1. The largest absolute Gasteiger partial charge is 0.481 e. The van der Waals surface area contributed by atoms with Gasteiger partial charge >= 0.3 is 6.18 Å². The number of hydrogen-bond acceptors (Lipinski definition) is 8. The van der Waals surface area contributed by atoms with Gasteiger partial charge in [0.25, 0.3) is 0 Å². The first-order valence-electron chi connectivity index (χ1n) is 19.2. The zero-order valence-corrected chi connectivity index (χ0v) is 30.5. The molecule has 5 aliphatic rings. The van der Waals surface area contributed by atoms with Crippen LogP contribution in [0.4, 0.5) is 24.9 Å². The molecule has 5 fully saturated rings. The summed E-state index contributed by atoms with van der Waals surface area (Å²) in [5.41, 5.74) is 4.69. The second-order valence-corrected chi connectivity index (χ2v) is 16.3. The first kappa shape index (κ1) is 34.4. The number of anilines is 2. The quantitative estimate of drug-likeness (QED) is 0.198. The standard InChI is InChI=1S/C40H47F3N8O2/c1-4-32(52)51-21-39(22-51)11-15-48(16-12-39)37-29-17-28(26-6-7-26)34(33-25(3)5-8-31-30(33)18-44-47-31)36(53-23-40(41,42)43)35(29)45-38(46-37)50-14-10-27(20-50)49-13-9-24(2)19-49/h4-5,8,17-18,24,26-27H,1,6-7,9-16,19-23H2,2-3H3,(H,44,47)/t24-,27+/m1/s1. The van der Waals surface area contributed by atoms with E-state index < -0.39 is 12.8 Å². The molecule has 2 atom stereocenters. The molecule has 53 heavy (non-hydrogen) atoms. The van der Waals surface area contributed by atoms with Crippen molar-refractivity contribution < 1.29 is 22.7 Å². The Morgan fingerprint density at radius 2 is 1.81 bits per heavy atom. The Morgan fingerprint density at radius 3 is 2.51 bits per heavy atom. The highest BCUT2D eigenvalue weighted by atomic mass is 19.4. The number of hydrogen-bond donors (Lipinski definition) is 1. The van der Waals surface area contributed by atoms with Crippen LogP contribution in [0.3, 0.4) is 0 Å². The monoisotopic (exact) mass is 728 g/mol. The molecule has 1 spiro atoms. The molecule has 2 aromatic carbocycles. The lowest BCUT2D eigenvalue weighted by Gasteiger charge is -2.54. The number of nitrogens with zero attached hydrogens (tertiary/aromatic N) is 7. The van der Waals surface area contributed by atoms with Gasteiger partial charge in [0.05, 0.1) is 11.7 Å². The van der Waals surface area contributed by atoms with Gasteiger partial charge < -0.3 is 19.4 Å². The van der Waals surface area contributed by atoms with Gasteiger partial charge in [-0.2, -0.15) is 23.3 Å². The lowest BCUT2D eigenvalue weighted by Crippen LogP contribution is -2.61. The summed E-state index contributed by atoms with van der Waals surface area (Å²) in [5, 5.41) is 8.93. The van der Waals surface area contributed by atoms with Gasteiger partial charge in [-0.3, -0.25) is 14.8 Å². The number of nitrogens with one attached hydrogen (secondary N) is 1. The molecule has 4 saturated heterocycles. The number of alkyl halides is 3. The first-order valence-corrected chi connectivity index (χ1v) is 19.2. The number of amides is 1. The van der Waals surface area contributed by atoms with E-state index in [0.29, 0.717) is 29.0 Å². The summed E-state index contributed by atoms with van der Waals surface area (Å²) in [6.07, 6.45) is 4.43. The van der Waals surface area contributed by atoms with E-state index in [9.17, 15) is 18.0 Å². The molecule has 2 aromatic heterocycles. The normalized spacial score (nSPS) is 23.4. The van der Waals surface area contributed by atoms with Crippen molar-refractivity contribution in [1.29, 1.82) is 0 Å². The summed E-state index contributed by atoms with van der Waals surface area (Å²) in [4.78, 5) is 31.7. The molecule has 0 radical (unpaired) electrons. The number of aryl methyl sites for hydroxylation is 1. The molecule has 0 bridgehead atoms. The van der Waals surface area contributed by atoms with Crippen molar-refractivity contribution in [3.05, 3.63) is 48.2 Å². The maximum atomic E-state index is 14.1. The van der Waals surface area contributed by atoms with Gasteiger partial charge in [-0.25, -0.2) is 4.98 Å². The molecule has 13 heteroatoms. The average molecular weight is 729 g/mol. The Labute approximate surface area is 307 Å². The lowest BCUT2D eigenvalue weighted by molar-refractivity contribution is -0.153. The molecule has 1 aliphatic carbocycles. The number of halogens is 3. The zero-order valence-electron chi connectivity index (χ0n) is 30.5. The summed E-state index contributed by atoms with van der Waals surface area (Å²) in [7, 11) is 0. The molecule has 4 aliphatic heterocycles. The minimum Gasteiger partial charge on any atom is -0.481 e. The molecule has 1 N–H and O–H groups in total. The van der Waals surface area contributed by atoms with Gasteiger partial charge in [-0.05, 0) is 98.7 Å². The Bertz CT molecular complexity index is 2080. The highest BCUT2D eigenvalue weighted by molar-refractivity contribution is 6.06. The van der Waals surface area contributed by atoms with Gasteiger partial charge in [0.2, 0.25) is 11.9 Å². The van der Waals surface area contributed by atoms with Crippen molar-refractivity contribution in [1.82, 2.24) is 30.0 Å². The van der Waals surface area contributed by atoms with Crippen LogP contribution < -0.4 is 14.5 Å². The van der Waals surface area contributed by atoms with Gasteiger partial charge in [-0.1, -0.05) is 19.6 Å². The number of rotatable bonds is 8. The Balaban J connectivity index is 1.20. The van der Waals surface area contributed by atoms with E-state index in [1.54, 1.807) is 6.20 Å². The fourth-order valence-corrected chi connectivity index (χ4v) is 9.42. The highest BCUT2D eigenvalue weighted by Gasteiger charge is 2.47. The van der Waals surface area contributed by atoms with Crippen molar-refractivity contribution in [2.45, 2.75) is 70.5 Å². The summed E-state index contributed by atoms with van der Waals surface area (Å²) in [6.45, 7) is 13.1. The summed E-state index contributed by atoms with van der Waals surface area (Å²) < 4.78 is 48.4. The molecule has 4 aromatic rings. The second kappa shape index (κ2) is 12.9. The van der Waals surface area contributed by atoms with Crippen molar-refractivity contribution >= 4 is 39.5 Å². The Morgan fingerprint density at radius 1 is 1.02 bits per heavy atom. The zero-order chi connectivity index (χ0) is 36.6. The maximum Gasteiger partial charge on any atom is 0.422 e. The number of fused-ring (bicyclic) bond motifs is 2. The molecule has 9 rings (SSSR count). The third-order valence-corrected chi connectivity index (χ3v) is 12.5. The Hall–Kier alpha value is -4.39. The SMILES string of the molecule is C=CC(=O)N1CC2(CCN(c3nc(N4CC[C@H](N5CC[C@@H](C)C5)C4)nc4c(OCC(F)(F)F)c(-c5c(C)ccc6[nH]ncc56)c(C5CC5)cc34)CC2)C1. The number of aromatic amines is 1. The Kier molecular flexibility index (Phi) is 8.36. The molecule has 0 unspecified atom stereocenters. The van der Waals surface area contributed by atoms with Crippen molar-refractivity contribution in [2.24, 2.45) is 11.3 Å². The van der Waals surface area contributed by atoms with Crippen molar-refractivity contribution in [2.75, 3.05) is 68.8 Å². The number of carbonyl (C=O) groups is 1. The molecule has 6 heterocycles. The van der Waals surface area contributed by atoms with E-state index in [1.807, 2.05) is 24.0 Å². The third-order valence-electron chi connectivity index (χ3n) is 12.5. The van der Waals surface area contributed by atoms with E-state index >= 15 is 0 Å². The van der Waals surface area contributed by atoms with E-state index in [1.165, 1.54) is 12.5 Å². The number of likely N-dealkylation sites (tertiary alicyclic amines) is 2. The van der Waals surface area contributed by atoms with Crippen LogP contribution in [0.25, 0.3) is 32.9 Å². The van der Waals surface area contributed by atoms with Crippen LogP contribution in [0.5, 0.6) is 5.75 Å². The maximum absolute atomic E-state index is 14.1. The molecule has 1 saturated carbocycles. The first-order chi connectivity index (χ1) is 25.5. The van der Waals surface area contributed by atoms with Crippen LogP contribution >= 0.6 is 0 Å². The van der Waals surface area contributed by atoms with Gasteiger partial charge in [0.1, 0.15) is 11.3 Å². The van der Waals surface area contributed by atoms with Crippen LogP contribution in [0.2, 0.25) is 0 Å². The van der Waals surface area contributed by atoms with Crippen LogP contribution in [0.1, 0.15) is 62.5 Å². The predicted molar refractivity (Wildman–Crippen MR) is 200 cm³/mol. The smallest absolute Gasteiger partial charge is 0.422 e. The van der Waals surface area contributed by atoms with E-state index in [0.717, 1.165) is 123 Å². The molecule has 10 nitrogen and oxygen atoms in total. The molecule has 280 valence electrons. The predicted octanol–water partition coefficient (Wildman–Crippen LogP) is 6.84. The minimum absolute atomic E-state index is 0.0343. The van der Waals surface area contributed by atoms with Crippen LogP contribution in [-0.4, -0.2) is 107 Å². The average Bonchev–Trinajstić information content (AvgIpc) is 3.45. The molecule has 1 amide bonds. The van der Waals surface area contributed by atoms with Gasteiger partial charge in [0, 0.05) is 73.6 Å². The topological polar surface area (TPSA) is 93.7 Å². The number of benzene rings is 2. The molecular weight excluding hydrogens is 681 g/mol. The second-order valence-electron chi connectivity index (χ2n) is 16.3. The summed E-state index contributed by atoms with van der Waals surface area (Å²) in [5.74, 6) is 2.27. The molecular formula is C40H47F3N8O2. The summed E-state index contributed by atoms with van der Waals surface area (Å²) >= 11 is 0. The fourth-order valence-electron chi connectivity index (χ4n) is 9.42. The number of aromatic nitrogens is 4. The van der Waals surface area contributed by atoms with Crippen molar-refractivity contribution in [3.63, 3.8) is 0 Å². The number of H-pyrrole nitrogens is 1. The fraction of sp³-hybridized carbons (Fsp3) is 0.550. The van der Waals surface area contributed by atoms with Crippen LogP contribution in [-0.2, 0) is 4.79 Å². The van der Waals surface area contributed by atoms with E-state index in [-0.39, 0.29) is 23.0 Å².